The number of alkyl halides is 1. The van der Waals surface area contributed by atoms with Crippen molar-refractivity contribution >= 4 is 17.5 Å². The Labute approximate surface area is 108 Å². The van der Waals surface area contributed by atoms with Crippen molar-refractivity contribution in [2.45, 2.75) is 44.4 Å². The Morgan fingerprint density at radius 2 is 2.35 bits per heavy atom. The van der Waals surface area contributed by atoms with Crippen LogP contribution in [0.1, 0.15) is 39.0 Å². The van der Waals surface area contributed by atoms with Gasteiger partial charge in [0, 0.05) is 18.5 Å². The van der Waals surface area contributed by atoms with Crippen LogP contribution in [0.25, 0.3) is 0 Å². The van der Waals surface area contributed by atoms with Crippen LogP contribution in [-0.2, 0) is 4.79 Å². The van der Waals surface area contributed by atoms with Crippen molar-refractivity contribution in [2.24, 2.45) is 11.3 Å². The molecule has 0 unspecified atom stereocenters. The molecule has 17 heavy (non-hydrogen) atoms. The van der Waals surface area contributed by atoms with Gasteiger partial charge in [0.05, 0.1) is 6.61 Å². The number of likely N-dealkylation sites (tertiary alicyclic amines) is 1. The van der Waals surface area contributed by atoms with Crippen molar-refractivity contribution in [3.63, 3.8) is 0 Å². The number of carbonyl (C=O) groups excluding carboxylic acids is 1. The van der Waals surface area contributed by atoms with Crippen molar-refractivity contribution < 1.29 is 9.90 Å². The number of halogens is 1. The second kappa shape index (κ2) is 5.15. The topological polar surface area (TPSA) is 40.5 Å². The van der Waals surface area contributed by atoms with E-state index in [1.54, 1.807) is 0 Å². The van der Waals surface area contributed by atoms with Gasteiger partial charge in [0.15, 0.2) is 0 Å². The monoisotopic (exact) mass is 259 g/mol. The lowest BCUT2D eigenvalue weighted by atomic mass is 9.69. The van der Waals surface area contributed by atoms with Crippen molar-refractivity contribution in [2.75, 3.05) is 19.7 Å². The maximum absolute atomic E-state index is 12.1. The molecule has 1 aliphatic carbocycles. The molecule has 0 aromatic rings. The number of aliphatic hydroxyl groups excluding tert-OH is 1. The minimum Gasteiger partial charge on any atom is -0.396 e. The number of aliphatic hydroxyl groups is 1. The molecule has 0 bridgehead atoms. The van der Waals surface area contributed by atoms with Crippen LogP contribution in [0.3, 0.4) is 0 Å². The molecular weight excluding hydrogens is 238 g/mol. The summed E-state index contributed by atoms with van der Waals surface area (Å²) in [6.45, 7) is 3.64. The van der Waals surface area contributed by atoms with Gasteiger partial charge < -0.3 is 10.0 Å². The maximum atomic E-state index is 12.1. The summed E-state index contributed by atoms with van der Waals surface area (Å²) in [7, 11) is 0. The first-order valence-electron chi connectivity index (χ1n) is 6.66. The van der Waals surface area contributed by atoms with E-state index in [1.165, 1.54) is 12.8 Å². The van der Waals surface area contributed by atoms with Gasteiger partial charge >= 0.3 is 0 Å². The molecule has 2 fully saturated rings. The molecule has 0 aromatic heterocycles. The van der Waals surface area contributed by atoms with Crippen molar-refractivity contribution in [1.82, 2.24) is 4.90 Å². The Balaban J connectivity index is 2.08. The quantitative estimate of drug-likeness (QED) is 0.788. The molecule has 2 aliphatic rings. The van der Waals surface area contributed by atoms with E-state index in [0.29, 0.717) is 18.9 Å². The largest absolute Gasteiger partial charge is 0.396 e. The fraction of sp³-hybridized carbons (Fsp3) is 0.923. The molecule has 2 rings (SSSR count). The number of hydrogen-bond donors (Lipinski definition) is 1. The number of carbonyl (C=O) groups is 1. The highest BCUT2D eigenvalue weighted by molar-refractivity contribution is 6.30. The van der Waals surface area contributed by atoms with Crippen LogP contribution in [0.5, 0.6) is 0 Å². The zero-order valence-electron chi connectivity index (χ0n) is 10.5. The molecule has 1 N–H and O–H groups in total. The molecule has 1 saturated heterocycles. The highest BCUT2D eigenvalue weighted by Gasteiger charge is 2.48. The van der Waals surface area contributed by atoms with E-state index < -0.39 is 5.38 Å². The normalized spacial score (nSPS) is 34.5. The zero-order valence-corrected chi connectivity index (χ0v) is 11.2. The molecule has 0 spiro atoms. The van der Waals surface area contributed by atoms with E-state index in [1.807, 2.05) is 11.8 Å². The van der Waals surface area contributed by atoms with E-state index in [2.05, 4.69) is 0 Å². The molecule has 3 nitrogen and oxygen atoms in total. The van der Waals surface area contributed by atoms with E-state index in [4.69, 9.17) is 11.6 Å². The lowest BCUT2D eigenvalue weighted by Crippen LogP contribution is -2.39. The van der Waals surface area contributed by atoms with Gasteiger partial charge in [-0.15, -0.1) is 11.6 Å². The summed E-state index contributed by atoms with van der Waals surface area (Å²) in [6, 6.07) is 0. The molecule has 1 amide bonds. The van der Waals surface area contributed by atoms with E-state index in [0.717, 1.165) is 19.4 Å². The molecule has 0 radical (unpaired) electrons. The highest BCUT2D eigenvalue weighted by atomic mass is 35.5. The number of rotatable bonds is 3. The Hall–Kier alpha value is -0.280. The van der Waals surface area contributed by atoms with Gasteiger partial charge in [-0.2, -0.15) is 0 Å². The van der Waals surface area contributed by atoms with Crippen LogP contribution in [-0.4, -0.2) is 41.0 Å². The number of nitrogens with zero attached hydrogens (tertiary/aromatic N) is 1. The van der Waals surface area contributed by atoms with Gasteiger partial charge in [0.1, 0.15) is 5.38 Å². The third kappa shape index (κ3) is 2.32. The van der Waals surface area contributed by atoms with Crippen LogP contribution in [0, 0.1) is 11.3 Å². The minimum atomic E-state index is -0.397. The smallest absolute Gasteiger partial charge is 0.240 e. The molecule has 1 saturated carbocycles. The van der Waals surface area contributed by atoms with Crippen LogP contribution < -0.4 is 0 Å². The van der Waals surface area contributed by atoms with Crippen molar-refractivity contribution in [3.05, 3.63) is 0 Å². The predicted octanol–water partition coefficient (Wildman–Crippen LogP) is 2.01. The summed E-state index contributed by atoms with van der Waals surface area (Å²) in [5, 5.41) is 9.28. The van der Waals surface area contributed by atoms with Gasteiger partial charge in [-0.25, -0.2) is 0 Å². The molecule has 1 aliphatic heterocycles. The zero-order chi connectivity index (χ0) is 12.5. The van der Waals surface area contributed by atoms with Gasteiger partial charge in [0.2, 0.25) is 5.91 Å². The number of hydrogen-bond acceptors (Lipinski definition) is 2. The third-order valence-corrected chi connectivity index (χ3v) is 5.04. The van der Waals surface area contributed by atoms with E-state index in [-0.39, 0.29) is 17.9 Å². The second-order valence-corrected chi connectivity index (χ2v) is 6.08. The van der Waals surface area contributed by atoms with Crippen LogP contribution >= 0.6 is 11.6 Å². The number of fused-ring (bicyclic) bond motifs is 1. The Morgan fingerprint density at radius 3 is 2.94 bits per heavy atom. The minimum absolute atomic E-state index is 0.0295. The van der Waals surface area contributed by atoms with Crippen LogP contribution in [0.4, 0.5) is 0 Å². The van der Waals surface area contributed by atoms with Crippen LogP contribution in [0.15, 0.2) is 0 Å². The maximum Gasteiger partial charge on any atom is 0.240 e. The summed E-state index contributed by atoms with van der Waals surface area (Å²) in [6.07, 6.45) is 5.28. The van der Waals surface area contributed by atoms with Gasteiger partial charge in [-0.1, -0.05) is 19.8 Å². The van der Waals surface area contributed by atoms with E-state index in [9.17, 15) is 9.90 Å². The summed E-state index contributed by atoms with van der Waals surface area (Å²) in [5.41, 5.74) is -0.0295. The van der Waals surface area contributed by atoms with Crippen molar-refractivity contribution in [1.29, 1.82) is 0 Å². The average Bonchev–Trinajstić information content (AvgIpc) is 2.76. The molecule has 0 aromatic carbocycles. The summed E-state index contributed by atoms with van der Waals surface area (Å²) in [4.78, 5) is 14.0. The lowest BCUT2D eigenvalue weighted by Gasteiger charge is -2.36. The fourth-order valence-corrected chi connectivity index (χ4v) is 3.52. The van der Waals surface area contributed by atoms with Gasteiger partial charge in [0.25, 0.3) is 0 Å². The summed E-state index contributed by atoms with van der Waals surface area (Å²) >= 11 is 6.03. The van der Waals surface area contributed by atoms with Gasteiger partial charge in [-0.05, 0) is 25.2 Å². The van der Waals surface area contributed by atoms with E-state index >= 15 is 0 Å². The average molecular weight is 260 g/mol. The first-order chi connectivity index (χ1) is 8.13. The SMILES string of the molecule is CC[C@H](Cl)C(=O)N1C[C@H]2CCCC[C@]2(CO)C1. The molecule has 4 heteroatoms. The first-order valence-corrected chi connectivity index (χ1v) is 7.10. The molecule has 98 valence electrons. The second-order valence-electron chi connectivity index (χ2n) is 5.56. The summed E-state index contributed by atoms with van der Waals surface area (Å²) < 4.78 is 0. The standard InChI is InChI=1S/C13H22ClNO2/c1-2-11(14)12(17)15-7-10-5-3-4-6-13(10,8-15)9-16/h10-11,16H,2-9H2,1H3/t10-,11+,13-/m1/s1. The lowest BCUT2D eigenvalue weighted by molar-refractivity contribution is -0.130. The number of amides is 1. The Kier molecular flexibility index (Phi) is 3.99. The van der Waals surface area contributed by atoms with Gasteiger partial charge in [-0.3, -0.25) is 4.79 Å². The molecule has 1 heterocycles. The van der Waals surface area contributed by atoms with Crippen LogP contribution in [0.2, 0.25) is 0 Å². The molecule has 3 atom stereocenters. The van der Waals surface area contributed by atoms with Crippen molar-refractivity contribution in [3.8, 4) is 0 Å². The Bertz CT molecular complexity index is 297. The third-order valence-electron chi connectivity index (χ3n) is 4.54. The first kappa shape index (κ1) is 13.2. The Morgan fingerprint density at radius 1 is 1.59 bits per heavy atom. The molecular formula is C13H22ClNO2. The highest BCUT2D eigenvalue weighted by Crippen LogP contribution is 2.46. The summed E-state index contributed by atoms with van der Waals surface area (Å²) in [5.74, 6) is 0.530. The predicted molar refractivity (Wildman–Crippen MR) is 68.0 cm³/mol. The fourth-order valence-electron chi connectivity index (χ4n) is 3.38.